The number of pyridine rings is 1. The number of hydrogen-bond acceptors (Lipinski definition) is 6. The number of anilines is 1. The molecule has 1 fully saturated rings. The third-order valence-corrected chi connectivity index (χ3v) is 4.14. The zero-order valence-corrected chi connectivity index (χ0v) is 12.3. The average molecular weight is 297 g/mol. The number of nitrogens with zero attached hydrogens (tertiary/aromatic N) is 2. The smallest absolute Gasteiger partial charge is 0.301 e. The molecule has 1 unspecified atom stereocenters. The molecule has 1 aromatic rings. The van der Waals surface area contributed by atoms with Crippen molar-refractivity contribution in [3.8, 4) is 0 Å². The number of thioether (sulfide) groups is 1. The molecule has 0 radical (unpaired) electrons. The molecule has 110 valence electrons. The number of rotatable bonds is 7. The molecule has 1 N–H and O–H groups in total. The van der Waals surface area contributed by atoms with Crippen LogP contribution in [0.4, 0.5) is 11.5 Å². The van der Waals surface area contributed by atoms with E-state index in [0.717, 1.165) is 32.4 Å². The highest BCUT2D eigenvalue weighted by Gasteiger charge is 2.21. The van der Waals surface area contributed by atoms with Gasteiger partial charge in [-0.05, 0) is 25.3 Å². The average Bonchev–Trinajstić information content (AvgIpc) is 2.96. The largest absolute Gasteiger partial charge is 0.377 e. The lowest BCUT2D eigenvalue weighted by Crippen LogP contribution is -2.09. The van der Waals surface area contributed by atoms with Crippen LogP contribution in [-0.4, -0.2) is 34.9 Å². The highest BCUT2D eigenvalue weighted by Crippen LogP contribution is 2.30. The normalized spacial score (nSPS) is 18.1. The van der Waals surface area contributed by atoms with Crippen molar-refractivity contribution in [1.29, 1.82) is 0 Å². The molecule has 20 heavy (non-hydrogen) atoms. The van der Waals surface area contributed by atoms with E-state index in [9.17, 15) is 10.1 Å². The summed E-state index contributed by atoms with van der Waals surface area (Å²) in [6.07, 6.45) is 3.26. The van der Waals surface area contributed by atoms with Gasteiger partial charge in [0.15, 0.2) is 5.03 Å². The van der Waals surface area contributed by atoms with Gasteiger partial charge in [-0.1, -0.05) is 18.7 Å². The molecule has 1 aromatic heterocycles. The van der Waals surface area contributed by atoms with Crippen LogP contribution in [0.2, 0.25) is 0 Å². The SMILES string of the molecule is CCCNc1ccc([N+](=O)[O-])c(SCC2CCCO2)n1. The second-order valence-corrected chi connectivity index (χ2v) is 5.66. The van der Waals surface area contributed by atoms with E-state index in [4.69, 9.17) is 4.74 Å². The molecule has 1 saturated heterocycles. The van der Waals surface area contributed by atoms with Crippen LogP contribution in [0.3, 0.4) is 0 Å². The molecule has 7 heteroatoms. The van der Waals surface area contributed by atoms with Crippen molar-refractivity contribution in [2.45, 2.75) is 37.3 Å². The maximum atomic E-state index is 11.0. The molecule has 6 nitrogen and oxygen atoms in total. The third kappa shape index (κ3) is 4.08. The maximum absolute atomic E-state index is 11.0. The highest BCUT2D eigenvalue weighted by molar-refractivity contribution is 7.99. The molecule has 1 aliphatic heterocycles. The van der Waals surface area contributed by atoms with Gasteiger partial charge in [0.25, 0.3) is 0 Å². The number of nitro groups is 1. The Labute approximate surface area is 122 Å². The molecule has 0 spiro atoms. The number of ether oxygens (including phenoxy) is 1. The second kappa shape index (κ2) is 7.44. The molecule has 0 aliphatic carbocycles. The Hall–Kier alpha value is -1.34. The number of nitrogens with one attached hydrogen (secondary N) is 1. The molecule has 0 saturated carbocycles. The summed E-state index contributed by atoms with van der Waals surface area (Å²) in [4.78, 5) is 15.0. The van der Waals surface area contributed by atoms with Gasteiger partial charge < -0.3 is 10.1 Å². The predicted molar refractivity (Wildman–Crippen MR) is 79.4 cm³/mol. The number of hydrogen-bond donors (Lipinski definition) is 1. The van der Waals surface area contributed by atoms with Crippen molar-refractivity contribution >= 4 is 23.3 Å². The Morgan fingerprint density at radius 3 is 3.10 bits per heavy atom. The van der Waals surface area contributed by atoms with Gasteiger partial charge >= 0.3 is 5.69 Å². The summed E-state index contributed by atoms with van der Waals surface area (Å²) in [6.45, 7) is 3.66. The fourth-order valence-electron chi connectivity index (χ4n) is 1.98. The molecule has 0 bridgehead atoms. The zero-order chi connectivity index (χ0) is 14.4. The summed E-state index contributed by atoms with van der Waals surface area (Å²) in [6, 6.07) is 3.17. The summed E-state index contributed by atoms with van der Waals surface area (Å²) in [5.74, 6) is 1.40. The van der Waals surface area contributed by atoms with Crippen LogP contribution in [0, 0.1) is 10.1 Å². The van der Waals surface area contributed by atoms with Crippen molar-refractivity contribution in [3.63, 3.8) is 0 Å². The molecule has 2 heterocycles. The van der Waals surface area contributed by atoms with Gasteiger partial charge in [0, 0.05) is 25.0 Å². The second-order valence-electron chi connectivity index (χ2n) is 4.65. The van der Waals surface area contributed by atoms with E-state index < -0.39 is 0 Å². The Kier molecular flexibility index (Phi) is 5.60. The molecular weight excluding hydrogens is 278 g/mol. The van der Waals surface area contributed by atoms with E-state index in [1.54, 1.807) is 6.07 Å². The van der Waals surface area contributed by atoms with E-state index in [1.807, 2.05) is 0 Å². The maximum Gasteiger partial charge on any atom is 0.301 e. The minimum Gasteiger partial charge on any atom is -0.377 e. The van der Waals surface area contributed by atoms with Gasteiger partial charge in [0.1, 0.15) is 5.82 Å². The predicted octanol–water partition coefficient (Wildman–Crippen LogP) is 3.08. The van der Waals surface area contributed by atoms with Crippen LogP contribution in [-0.2, 0) is 4.74 Å². The van der Waals surface area contributed by atoms with Crippen molar-refractivity contribution in [1.82, 2.24) is 4.98 Å². The Morgan fingerprint density at radius 1 is 1.60 bits per heavy atom. The van der Waals surface area contributed by atoms with E-state index in [0.29, 0.717) is 16.6 Å². The molecule has 0 amide bonds. The first-order valence-electron chi connectivity index (χ1n) is 6.84. The van der Waals surface area contributed by atoms with Gasteiger partial charge in [-0.3, -0.25) is 10.1 Å². The summed E-state index contributed by atoms with van der Waals surface area (Å²) in [5, 5.41) is 14.7. The lowest BCUT2D eigenvalue weighted by Gasteiger charge is -2.10. The molecule has 0 aromatic carbocycles. The standard InChI is InChI=1S/C13H19N3O3S/c1-2-7-14-12-6-5-11(16(17)18)13(15-12)20-9-10-4-3-8-19-10/h5-6,10H,2-4,7-9H2,1H3,(H,14,15). The zero-order valence-electron chi connectivity index (χ0n) is 11.5. The quantitative estimate of drug-likeness (QED) is 0.473. The number of aromatic nitrogens is 1. The van der Waals surface area contributed by atoms with Crippen LogP contribution >= 0.6 is 11.8 Å². The van der Waals surface area contributed by atoms with Crippen molar-refractivity contribution in [2.24, 2.45) is 0 Å². The van der Waals surface area contributed by atoms with E-state index in [2.05, 4.69) is 17.2 Å². The minimum atomic E-state index is -0.381. The first-order chi connectivity index (χ1) is 9.70. The van der Waals surface area contributed by atoms with E-state index >= 15 is 0 Å². The topological polar surface area (TPSA) is 77.3 Å². The first-order valence-corrected chi connectivity index (χ1v) is 7.83. The Morgan fingerprint density at radius 2 is 2.45 bits per heavy atom. The summed E-state index contributed by atoms with van der Waals surface area (Å²) in [5.41, 5.74) is 0.0649. The van der Waals surface area contributed by atoms with Crippen LogP contribution < -0.4 is 5.32 Å². The summed E-state index contributed by atoms with van der Waals surface area (Å²) in [7, 11) is 0. The van der Waals surface area contributed by atoms with E-state index in [1.165, 1.54) is 17.8 Å². The summed E-state index contributed by atoms with van der Waals surface area (Å²) < 4.78 is 5.54. The van der Waals surface area contributed by atoms with Crippen LogP contribution in [0.15, 0.2) is 17.2 Å². The molecule has 1 aliphatic rings. The molecule has 1 atom stereocenters. The fourth-order valence-corrected chi connectivity index (χ4v) is 3.04. The van der Waals surface area contributed by atoms with Gasteiger partial charge in [-0.25, -0.2) is 4.98 Å². The monoisotopic (exact) mass is 297 g/mol. The Balaban J connectivity index is 2.06. The van der Waals surface area contributed by atoms with Crippen LogP contribution in [0.25, 0.3) is 0 Å². The third-order valence-electron chi connectivity index (χ3n) is 3.02. The molecule has 2 rings (SSSR count). The van der Waals surface area contributed by atoms with Crippen LogP contribution in [0.5, 0.6) is 0 Å². The minimum absolute atomic E-state index is 0.0649. The van der Waals surface area contributed by atoms with Crippen molar-refractivity contribution in [2.75, 3.05) is 24.2 Å². The van der Waals surface area contributed by atoms with Gasteiger partial charge in [0.2, 0.25) is 0 Å². The van der Waals surface area contributed by atoms with E-state index in [-0.39, 0.29) is 16.7 Å². The summed E-state index contributed by atoms with van der Waals surface area (Å²) >= 11 is 1.40. The lowest BCUT2D eigenvalue weighted by molar-refractivity contribution is -0.388. The van der Waals surface area contributed by atoms with Crippen molar-refractivity contribution in [3.05, 3.63) is 22.2 Å². The highest BCUT2D eigenvalue weighted by atomic mass is 32.2. The van der Waals surface area contributed by atoms with Crippen molar-refractivity contribution < 1.29 is 9.66 Å². The van der Waals surface area contributed by atoms with Gasteiger partial charge in [-0.2, -0.15) is 0 Å². The lowest BCUT2D eigenvalue weighted by atomic mass is 10.3. The fraction of sp³-hybridized carbons (Fsp3) is 0.615. The first kappa shape index (κ1) is 15.1. The van der Waals surface area contributed by atoms with Crippen LogP contribution in [0.1, 0.15) is 26.2 Å². The van der Waals surface area contributed by atoms with Gasteiger partial charge in [0.05, 0.1) is 11.0 Å². The van der Waals surface area contributed by atoms with Gasteiger partial charge in [-0.15, -0.1) is 0 Å². The molecular formula is C13H19N3O3S. The Bertz CT molecular complexity index is 464.